The number of halogens is 3. The van der Waals surface area contributed by atoms with E-state index in [2.05, 4.69) is 16.2 Å². The van der Waals surface area contributed by atoms with Gasteiger partial charge in [-0.05, 0) is 62.6 Å². The van der Waals surface area contributed by atoms with Gasteiger partial charge in [0, 0.05) is 24.1 Å². The minimum absolute atomic E-state index is 0.0768. The molecule has 0 spiro atoms. The lowest BCUT2D eigenvalue weighted by atomic mass is 10.0. The molecule has 0 saturated carbocycles. The minimum Gasteiger partial charge on any atom is -0.481 e. The molecule has 12 heteroatoms. The van der Waals surface area contributed by atoms with Crippen LogP contribution in [0.2, 0.25) is 0 Å². The van der Waals surface area contributed by atoms with Gasteiger partial charge < -0.3 is 9.47 Å². The summed E-state index contributed by atoms with van der Waals surface area (Å²) in [5.74, 6) is 5.11. The number of ether oxygens (including phenoxy) is 2. The molecule has 1 unspecified atom stereocenters. The highest BCUT2D eigenvalue weighted by Gasteiger charge is 2.35. The van der Waals surface area contributed by atoms with E-state index in [0.717, 1.165) is 24.1 Å². The summed E-state index contributed by atoms with van der Waals surface area (Å²) in [6.07, 6.45) is -5.46. The first-order chi connectivity index (χ1) is 18.4. The summed E-state index contributed by atoms with van der Waals surface area (Å²) in [5, 5.41) is 0.538. The fraction of sp³-hybridized carbons (Fsp3) is 0.259. The molecule has 0 fully saturated rings. The Hall–Kier alpha value is -4.37. The Balaban J connectivity index is 1.77. The molecule has 4 rings (SSSR count). The Morgan fingerprint density at radius 1 is 1.15 bits per heavy atom. The molecule has 2 aromatic heterocycles. The van der Waals surface area contributed by atoms with Crippen LogP contribution in [-0.2, 0) is 22.8 Å². The van der Waals surface area contributed by atoms with Gasteiger partial charge in [-0.25, -0.2) is 14.2 Å². The standard InChI is InChI=1S/C27H22F3N3O5S/c1-5-6-16(3)38-24(35)14-37-20-9-7-15(2)11-18(20)25-19-12-17(8-10-21(19)39-31-25)33-23(34)13-22(27(28,29)30)32(4)26(33)36/h7-13,16H,14H2,1-4H3. The van der Waals surface area contributed by atoms with Crippen molar-refractivity contribution in [2.45, 2.75) is 33.1 Å². The quantitative estimate of drug-likeness (QED) is 0.257. The first-order valence-corrected chi connectivity index (χ1v) is 12.3. The van der Waals surface area contributed by atoms with Gasteiger partial charge >= 0.3 is 17.8 Å². The molecule has 0 saturated heterocycles. The predicted octanol–water partition coefficient (Wildman–Crippen LogP) is 4.47. The number of carbonyl (C=O) groups excluding carboxylic acids is 1. The number of nitrogens with zero attached hydrogens (tertiary/aromatic N) is 3. The second kappa shape index (κ2) is 10.8. The summed E-state index contributed by atoms with van der Waals surface area (Å²) < 4.78 is 57.0. The van der Waals surface area contributed by atoms with E-state index in [0.29, 0.717) is 42.3 Å². The second-order valence-electron chi connectivity index (χ2n) is 8.57. The van der Waals surface area contributed by atoms with Crippen molar-refractivity contribution in [3.8, 4) is 34.5 Å². The van der Waals surface area contributed by atoms with Crippen molar-refractivity contribution in [2.75, 3.05) is 6.61 Å². The van der Waals surface area contributed by atoms with Gasteiger partial charge in [0.1, 0.15) is 11.4 Å². The Bertz CT molecular complexity index is 1760. The molecule has 39 heavy (non-hydrogen) atoms. The highest BCUT2D eigenvalue weighted by molar-refractivity contribution is 7.13. The van der Waals surface area contributed by atoms with Gasteiger partial charge in [0.2, 0.25) is 0 Å². The Morgan fingerprint density at radius 2 is 1.90 bits per heavy atom. The predicted molar refractivity (Wildman–Crippen MR) is 140 cm³/mol. The summed E-state index contributed by atoms with van der Waals surface area (Å²) in [5.41, 5.74) is -1.66. The zero-order valence-corrected chi connectivity index (χ0v) is 22.1. The third-order valence-corrected chi connectivity index (χ3v) is 6.54. The number of carbonyl (C=O) groups is 1. The monoisotopic (exact) mass is 557 g/mol. The molecule has 2 aromatic carbocycles. The van der Waals surface area contributed by atoms with Gasteiger partial charge in [-0.1, -0.05) is 17.6 Å². The minimum atomic E-state index is -4.87. The second-order valence-corrected chi connectivity index (χ2v) is 9.37. The lowest BCUT2D eigenvalue weighted by molar-refractivity contribution is -0.148. The van der Waals surface area contributed by atoms with Crippen molar-refractivity contribution in [2.24, 2.45) is 7.05 Å². The summed E-state index contributed by atoms with van der Waals surface area (Å²) in [6.45, 7) is 4.75. The van der Waals surface area contributed by atoms with Gasteiger partial charge in [-0.15, -0.1) is 5.92 Å². The topological polar surface area (TPSA) is 92.4 Å². The van der Waals surface area contributed by atoms with Crippen molar-refractivity contribution in [3.63, 3.8) is 0 Å². The maximum Gasteiger partial charge on any atom is 0.431 e. The van der Waals surface area contributed by atoms with Gasteiger partial charge in [0.25, 0.3) is 5.56 Å². The highest BCUT2D eigenvalue weighted by atomic mass is 32.1. The van der Waals surface area contributed by atoms with Crippen LogP contribution in [0.5, 0.6) is 5.75 Å². The van der Waals surface area contributed by atoms with Crippen LogP contribution in [-0.4, -0.2) is 32.2 Å². The molecule has 0 bridgehead atoms. The third-order valence-electron chi connectivity index (χ3n) is 5.71. The average molecular weight is 558 g/mol. The zero-order valence-electron chi connectivity index (χ0n) is 21.3. The average Bonchev–Trinajstić information content (AvgIpc) is 3.28. The number of hydrogen-bond acceptors (Lipinski definition) is 7. The van der Waals surface area contributed by atoms with Crippen molar-refractivity contribution in [1.29, 1.82) is 0 Å². The Morgan fingerprint density at radius 3 is 2.59 bits per heavy atom. The van der Waals surface area contributed by atoms with Crippen molar-refractivity contribution >= 4 is 27.6 Å². The van der Waals surface area contributed by atoms with E-state index >= 15 is 0 Å². The van der Waals surface area contributed by atoms with Crippen molar-refractivity contribution < 1.29 is 27.4 Å². The molecular formula is C27H22F3N3O5S. The van der Waals surface area contributed by atoms with Gasteiger partial charge in [-0.3, -0.25) is 9.36 Å². The van der Waals surface area contributed by atoms with E-state index in [1.54, 1.807) is 38.1 Å². The maximum atomic E-state index is 13.3. The summed E-state index contributed by atoms with van der Waals surface area (Å²) in [7, 11) is 0.953. The van der Waals surface area contributed by atoms with Crippen LogP contribution in [0.15, 0.2) is 52.1 Å². The molecule has 0 aliphatic heterocycles. The number of aromatic nitrogens is 3. The summed E-state index contributed by atoms with van der Waals surface area (Å²) >= 11 is 1.15. The normalized spacial score (nSPS) is 12.1. The maximum absolute atomic E-state index is 13.3. The van der Waals surface area contributed by atoms with Crippen LogP contribution in [0.25, 0.3) is 27.0 Å². The van der Waals surface area contributed by atoms with Crippen LogP contribution in [0.3, 0.4) is 0 Å². The van der Waals surface area contributed by atoms with E-state index in [1.807, 2.05) is 6.92 Å². The smallest absolute Gasteiger partial charge is 0.431 e. The molecule has 202 valence electrons. The fourth-order valence-corrected chi connectivity index (χ4v) is 4.72. The molecular weight excluding hydrogens is 535 g/mol. The third kappa shape index (κ3) is 5.73. The number of esters is 1. The van der Waals surface area contributed by atoms with Crippen LogP contribution < -0.4 is 16.0 Å². The number of fused-ring (bicyclic) bond motifs is 1. The zero-order chi connectivity index (χ0) is 28.5. The van der Waals surface area contributed by atoms with Crippen molar-refractivity contribution in [3.05, 3.63) is 74.6 Å². The van der Waals surface area contributed by atoms with Crippen LogP contribution in [0, 0.1) is 18.8 Å². The largest absolute Gasteiger partial charge is 0.481 e. The number of aryl methyl sites for hydroxylation is 1. The molecule has 0 aliphatic carbocycles. The van der Waals surface area contributed by atoms with Gasteiger partial charge in [0.05, 0.1) is 16.1 Å². The van der Waals surface area contributed by atoms with Crippen LogP contribution in [0.1, 0.15) is 25.1 Å². The van der Waals surface area contributed by atoms with E-state index in [-0.39, 0.29) is 12.3 Å². The molecule has 0 aliphatic rings. The number of benzene rings is 2. The molecule has 0 radical (unpaired) electrons. The van der Waals surface area contributed by atoms with Gasteiger partial charge in [0.15, 0.2) is 12.7 Å². The summed E-state index contributed by atoms with van der Waals surface area (Å²) in [4.78, 5) is 37.6. The number of hydrogen-bond donors (Lipinski definition) is 0. The Labute approximate surface area is 224 Å². The fourth-order valence-electron chi connectivity index (χ4n) is 3.95. The van der Waals surface area contributed by atoms with Crippen molar-refractivity contribution in [1.82, 2.24) is 13.5 Å². The van der Waals surface area contributed by atoms with Crippen LogP contribution >= 0.6 is 11.5 Å². The lowest BCUT2D eigenvalue weighted by Gasteiger charge is -2.14. The molecule has 0 amide bonds. The van der Waals surface area contributed by atoms with E-state index in [1.165, 1.54) is 12.1 Å². The first-order valence-electron chi connectivity index (χ1n) is 11.6. The van der Waals surface area contributed by atoms with Crippen LogP contribution in [0.4, 0.5) is 13.2 Å². The molecule has 2 heterocycles. The van der Waals surface area contributed by atoms with E-state index in [4.69, 9.17) is 9.47 Å². The lowest BCUT2D eigenvalue weighted by Crippen LogP contribution is -2.40. The van der Waals surface area contributed by atoms with Gasteiger partial charge in [-0.2, -0.15) is 17.5 Å². The Kier molecular flexibility index (Phi) is 7.65. The number of alkyl halides is 3. The molecule has 4 aromatic rings. The first kappa shape index (κ1) is 27.7. The number of rotatable bonds is 6. The highest BCUT2D eigenvalue weighted by Crippen LogP contribution is 2.37. The molecule has 1 atom stereocenters. The SMILES string of the molecule is CC#CC(C)OC(=O)COc1ccc(C)cc1-c1nsc2ccc(-n3c(=O)cc(C(F)(F)F)n(C)c3=O)cc12. The summed E-state index contributed by atoms with van der Waals surface area (Å²) in [6, 6.07) is 10.3. The molecule has 0 N–H and O–H groups in total. The van der Waals surface area contributed by atoms with E-state index in [9.17, 15) is 27.6 Å². The van der Waals surface area contributed by atoms with E-state index < -0.39 is 35.2 Å². The molecule has 8 nitrogen and oxygen atoms in total.